The number of aromatic nitrogens is 2. The Kier molecular flexibility index (Phi) is 3.97. The van der Waals surface area contributed by atoms with Gasteiger partial charge in [0.25, 0.3) is 0 Å². The second-order valence-electron chi connectivity index (χ2n) is 4.48. The lowest BCUT2D eigenvalue weighted by atomic mass is 10.2. The van der Waals surface area contributed by atoms with Crippen molar-refractivity contribution in [2.24, 2.45) is 0 Å². The topological polar surface area (TPSA) is 66.3 Å². The molecule has 1 aromatic heterocycles. The van der Waals surface area contributed by atoms with Crippen LogP contribution in [0.5, 0.6) is 0 Å². The number of fused-ring (bicyclic) bond motifs is 1. The molecule has 0 saturated carbocycles. The van der Waals surface area contributed by atoms with E-state index in [1.54, 1.807) is 24.3 Å². The zero-order chi connectivity index (χ0) is 15.6. The quantitative estimate of drug-likeness (QED) is 0.940. The van der Waals surface area contributed by atoms with Crippen molar-refractivity contribution in [1.82, 2.24) is 9.97 Å². The highest BCUT2D eigenvalue weighted by Crippen LogP contribution is 2.25. The first-order chi connectivity index (χ1) is 9.78. The van der Waals surface area contributed by atoms with Crippen LogP contribution in [-0.4, -0.2) is 40.8 Å². The summed E-state index contributed by atoms with van der Waals surface area (Å²) in [5, 5.41) is 9.49. The normalized spacial score (nSPS) is 11.6. The van der Waals surface area contributed by atoms with E-state index < -0.39 is 24.4 Å². The molecule has 0 aliphatic heterocycles. The minimum Gasteiger partial charge on any atom is -0.475 e. The van der Waals surface area contributed by atoms with E-state index in [0.717, 1.165) is 0 Å². The minimum absolute atomic E-state index is 0.169. The molecule has 0 aliphatic rings. The molecule has 0 unspecified atom stereocenters. The smallest absolute Gasteiger partial charge is 0.390 e. The maximum Gasteiger partial charge on any atom is 0.390 e. The molecule has 2 rings (SSSR count). The van der Waals surface area contributed by atoms with Crippen molar-refractivity contribution in [2.45, 2.75) is 12.6 Å². The van der Waals surface area contributed by atoms with Crippen LogP contribution in [0.25, 0.3) is 10.9 Å². The number of hydrogen-bond donors (Lipinski definition) is 1. The predicted octanol–water partition coefficient (Wildman–Crippen LogP) is 2.72. The van der Waals surface area contributed by atoms with Crippen molar-refractivity contribution in [3.8, 4) is 0 Å². The van der Waals surface area contributed by atoms with Gasteiger partial charge in [-0.2, -0.15) is 13.2 Å². The number of carbonyl (C=O) groups is 1. The third kappa shape index (κ3) is 3.59. The van der Waals surface area contributed by atoms with Gasteiger partial charge in [0.2, 0.25) is 5.82 Å². The highest BCUT2D eigenvalue weighted by atomic mass is 19.4. The summed E-state index contributed by atoms with van der Waals surface area (Å²) in [6.07, 6.45) is -5.29. The average molecular weight is 299 g/mol. The van der Waals surface area contributed by atoms with Crippen molar-refractivity contribution in [1.29, 1.82) is 0 Å². The Morgan fingerprint density at radius 2 is 1.95 bits per heavy atom. The molecule has 1 heterocycles. The standard InChI is InChI=1S/C13H12F3N3O2/c1-19(7-6-13(14,15)16)11-8-4-2-3-5-9(8)17-10(18-11)12(20)21/h2-5H,6-7H2,1H3,(H,20,21). The van der Waals surface area contributed by atoms with Crippen LogP contribution in [0.2, 0.25) is 0 Å². The molecule has 0 radical (unpaired) electrons. The van der Waals surface area contributed by atoms with Gasteiger partial charge in [-0.05, 0) is 12.1 Å². The summed E-state index contributed by atoms with van der Waals surface area (Å²) in [5.74, 6) is -1.60. The summed E-state index contributed by atoms with van der Waals surface area (Å²) >= 11 is 0. The van der Waals surface area contributed by atoms with E-state index in [1.165, 1.54) is 11.9 Å². The number of carboxylic acid groups (broad SMARTS) is 1. The van der Waals surface area contributed by atoms with Gasteiger partial charge in [-0.3, -0.25) is 0 Å². The lowest BCUT2D eigenvalue weighted by molar-refractivity contribution is -0.132. The van der Waals surface area contributed by atoms with Gasteiger partial charge in [-0.25, -0.2) is 14.8 Å². The first-order valence-electron chi connectivity index (χ1n) is 6.06. The van der Waals surface area contributed by atoms with Crippen LogP contribution in [0.3, 0.4) is 0 Å². The fourth-order valence-electron chi connectivity index (χ4n) is 1.85. The van der Waals surface area contributed by atoms with Crippen molar-refractivity contribution in [2.75, 3.05) is 18.5 Å². The van der Waals surface area contributed by atoms with Crippen LogP contribution in [0.4, 0.5) is 19.0 Å². The second-order valence-corrected chi connectivity index (χ2v) is 4.48. The van der Waals surface area contributed by atoms with Crippen LogP contribution in [0.1, 0.15) is 17.0 Å². The van der Waals surface area contributed by atoms with Gasteiger partial charge in [0.05, 0.1) is 11.9 Å². The van der Waals surface area contributed by atoms with E-state index in [1.807, 2.05) is 0 Å². The molecular formula is C13H12F3N3O2. The predicted molar refractivity (Wildman–Crippen MR) is 70.4 cm³/mol. The van der Waals surface area contributed by atoms with Gasteiger partial charge in [0.1, 0.15) is 5.82 Å². The maximum atomic E-state index is 12.3. The Labute approximate surface area is 118 Å². The Morgan fingerprint density at radius 3 is 2.57 bits per heavy atom. The van der Waals surface area contributed by atoms with Crippen molar-refractivity contribution < 1.29 is 23.1 Å². The third-order valence-corrected chi connectivity index (χ3v) is 2.87. The van der Waals surface area contributed by atoms with E-state index in [4.69, 9.17) is 5.11 Å². The Morgan fingerprint density at radius 1 is 1.29 bits per heavy atom. The maximum absolute atomic E-state index is 12.3. The van der Waals surface area contributed by atoms with E-state index in [9.17, 15) is 18.0 Å². The number of anilines is 1. The fraction of sp³-hybridized carbons (Fsp3) is 0.308. The number of halogens is 3. The molecule has 21 heavy (non-hydrogen) atoms. The van der Waals surface area contributed by atoms with E-state index in [0.29, 0.717) is 10.9 Å². The van der Waals surface area contributed by atoms with Crippen LogP contribution in [-0.2, 0) is 0 Å². The number of carboxylic acids is 1. The summed E-state index contributed by atoms with van der Waals surface area (Å²) in [6.45, 7) is -0.316. The van der Waals surface area contributed by atoms with Crippen LogP contribution in [0.15, 0.2) is 24.3 Å². The van der Waals surface area contributed by atoms with E-state index >= 15 is 0 Å². The first kappa shape index (κ1) is 15.0. The van der Waals surface area contributed by atoms with E-state index in [-0.39, 0.29) is 12.4 Å². The molecule has 0 amide bonds. The number of rotatable bonds is 4. The summed E-state index contributed by atoms with van der Waals surface area (Å²) < 4.78 is 36.9. The zero-order valence-electron chi connectivity index (χ0n) is 11.1. The second kappa shape index (κ2) is 5.55. The molecule has 0 spiro atoms. The number of nitrogens with zero attached hydrogens (tertiary/aromatic N) is 3. The van der Waals surface area contributed by atoms with E-state index in [2.05, 4.69) is 9.97 Å². The van der Waals surface area contributed by atoms with Gasteiger partial charge in [-0.15, -0.1) is 0 Å². The van der Waals surface area contributed by atoms with Gasteiger partial charge < -0.3 is 10.0 Å². The molecule has 0 fully saturated rings. The van der Waals surface area contributed by atoms with Gasteiger partial charge >= 0.3 is 12.1 Å². The molecule has 0 saturated heterocycles. The molecule has 0 aliphatic carbocycles. The van der Waals surface area contributed by atoms with Crippen LogP contribution < -0.4 is 4.90 Å². The molecule has 2 aromatic rings. The van der Waals surface area contributed by atoms with Gasteiger partial charge in [-0.1, -0.05) is 12.1 Å². The molecule has 1 aromatic carbocycles. The van der Waals surface area contributed by atoms with Crippen LogP contribution in [0, 0.1) is 0 Å². The Bertz CT molecular complexity index is 673. The number of alkyl halides is 3. The summed E-state index contributed by atoms with van der Waals surface area (Å²) in [5.41, 5.74) is 0.374. The number of hydrogen-bond acceptors (Lipinski definition) is 4. The van der Waals surface area contributed by atoms with Crippen molar-refractivity contribution in [3.63, 3.8) is 0 Å². The van der Waals surface area contributed by atoms with Gasteiger partial charge in [0, 0.05) is 19.0 Å². The highest BCUT2D eigenvalue weighted by Gasteiger charge is 2.28. The SMILES string of the molecule is CN(CCC(F)(F)F)c1nc(C(=O)O)nc2ccccc12. The monoisotopic (exact) mass is 299 g/mol. The largest absolute Gasteiger partial charge is 0.475 e. The third-order valence-electron chi connectivity index (χ3n) is 2.87. The Balaban J connectivity index is 2.43. The molecule has 1 N–H and O–H groups in total. The minimum atomic E-state index is -4.28. The lowest BCUT2D eigenvalue weighted by Gasteiger charge is -2.20. The molecular weight excluding hydrogens is 287 g/mol. The zero-order valence-corrected chi connectivity index (χ0v) is 11.1. The number of aromatic carboxylic acids is 1. The van der Waals surface area contributed by atoms with Crippen LogP contribution >= 0.6 is 0 Å². The Hall–Kier alpha value is -2.38. The number of para-hydroxylation sites is 1. The fourth-order valence-corrected chi connectivity index (χ4v) is 1.85. The van der Waals surface area contributed by atoms with Gasteiger partial charge in [0.15, 0.2) is 0 Å². The summed E-state index contributed by atoms with van der Waals surface area (Å²) in [7, 11) is 1.44. The lowest BCUT2D eigenvalue weighted by Crippen LogP contribution is -2.25. The summed E-state index contributed by atoms with van der Waals surface area (Å²) in [4.78, 5) is 20.0. The highest BCUT2D eigenvalue weighted by molar-refractivity contribution is 5.93. The first-order valence-corrected chi connectivity index (χ1v) is 6.06. The molecule has 0 atom stereocenters. The number of benzene rings is 1. The molecule has 0 bridgehead atoms. The molecule has 112 valence electrons. The summed E-state index contributed by atoms with van der Waals surface area (Å²) in [6, 6.07) is 6.58. The van der Waals surface area contributed by atoms with Crippen molar-refractivity contribution >= 4 is 22.7 Å². The van der Waals surface area contributed by atoms with Crippen molar-refractivity contribution in [3.05, 3.63) is 30.1 Å². The molecule has 8 heteroatoms. The molecule has 5 nitrogen and oxygen atoms in total. The average Bonchev–Trinajstić information content (AvgIpc) is 2.42.